The third kappa shape index (κ3) is 4.90. The molecule has 0 spiro atoms. The largest absolute Gasteiger partial charge is 0.337 e. The zero-order valence-corrected chi connectivity index (χ0v) is 18.2. The molecule has 0 aliphatic carbocycles. The van der Waals surface area contributed by atoms with E-state index in [1.165, 1.54) is 17.4 Å². The number of aromatic nitrogens is 3. The summed E-state index contributed by atoms with van der Waals surface area (Å²) in [5.74, 6) is -0.147. The molecule has 0 bridgehead atoms. The minimum atomic E-state index is -0.147. The highest BCUT2D eigenvalue weighted by atomic mass is 35.5. The molecule has 0 atom stereocenters. The molecule has 8 heteroatoms. The van der Waals surface area contributed by atoms with Gasteiger partial charge in [-0.25, -0.2) is 9.97 Å². The molecular weight excluding hydrogens is 439 g/mol. The minimum Gasteiger partial charge on any atom is -0.337 e. The maximum Gasteiger partial charge on any atom is 0.252 e. The number of imidazole rings is 1. The van der Waals surface area contributed by atoms with Gasteiger partial charge in [-0.3, -0.25) is 9.69 Å². The SMILES string of the molecule is O=C(/C=C/c1ccccc1Cl)N(CCCn1ccnc1)c1nc2ccc(Cl)cc2s1. The van der Waals surface area contributed by atoms with Gasteiger partial charge in [0.05, 0.1) is 16.5 Å². The Kier molecular flexibility index (Phi) is 6.47. The second-order valence-corrected chi connectivity index (χ2v) is 8.46. The standard InChI is InChI=1S/C22H18Cl2N4OS/c23-17-7-8-19-20(14-17)30-22(26-19)28(12-3-11-27-13-10-25-15-27)21(29)9-6-16-4-1-2-5-18(16)24/h1-2,4-10,13-15H,3,11-12H2/b9-6+. The van der Waals surface area contributed by atoms with Crippen molar-refractivity contribution in [2.75, 3.05) is 11.4 Å². The van der Waals surface area contributed by atoms with Crippen molar-refractivity contribution < 1.29 is 4.79 Å². The number of amides is 1. The topological polar surface area (TPSA) is 51.0 Å². The summed E-state index contributed by atoms with van der Waals surface area (Å²) in [6, 6.07) is 12.9. The smallest absolute Gasteiger partial charge is 0.252 e. The van der Waals surface area contributed by atoms with E-state index in [1.807, 2.05) is 41.1 Å². The first kappa shape index (κ1) is 20.6. The molecule has 0 aliphatic heterocycles. The fourth-order valence-electron chi connectivity index (χ4n) is 2.99. The van der Waals surface area contributed by atoms with Gasteiger partial charge in [0, 0.05) is 41.6 Å². The molecule has 0 N–H and O–H groups in total. The van der Waals surface area contributed by atoms with E-state index in [1.54, 1.807) is 35.6 Å². The highest BCUT2D eigenvalue weighted by Crippen LogP contribution is 2.31. The Balaban J connectivity index is 1.58. The van der Waals surface area contributed by atoms with Crippen LogP contribution in [0.15, 0.2) is 67.3 Å². The molecule has 4 rings (SSSR count). The maximum absolute atomic E-state index is 13.1. The molecule has 1 amide bonds. The third-order valence-electron chi connectivity index (χ3n) is 4.50. The Labute approximate surface area is 188 Å². The molecule has 0 aliphatic rings. The Morgan fingerprint density at radius 3 is 2.87 bits per heavy atom. The summed E-state index contributed by atoms with van der Waals surface area (Å²) in [7, 11) is 0. The Bertz CT molecular complexity index is 1190. The molecule has 4 aromatic rings. The van der Waals surface area contributed by atoms with Crippen molar-refractivity contribution in [1.29, 1.82) is 0 Å². The molecule has 0 unspecified atom stereocenters. The Morgan fingerprint density at radius 2 is 2.07 bits per heavy atom. The number of anilines is 1. The third-order valence-corrected chi connectivity index (χ3v) is 6.12. The molecule has 0 radical (unpaired) electrons. The Hall–Kier alpha value is -2.67. The van der Waals surface area contributed by atoms with Gasteiger partial charge in [0.15, 0.2) is 5.13 Å². The molecule has 0 fully saturated rings. The molecule has 152 valence electrons. The van der Waals surface area contributed by atoms with Gasteiger partial charge < -0.3 is 4.57 Å². The monoisotopic (exact) mass is 456 g/mol. The number of aryl methyl sites for hydroxylation is 1. The van der Waals surface area contributed by atoms with Gasteiger partial charge in [0.25, 0.3) is 5.91 Å². The summed E-state index contributed by atoms with van der Waals surface area (Å²) in [6.07, 6.45) is 9.45. The normalized spacial score (nSPS) is 11.4. The lowest BCUT2D eigenvalue weighted by atomic mass is 10.2. The van der Waals surface area contributed by atoms with Gasteiger partial charge in [-0.05, 0) is 42.3 Å². The molecule has 0 saturated carbocycles. The molecule has 2 heterocycles. The first-order valence-electron chi connectivity index (χ1n) is 9.36. The summed E-state index contributed by atoms with van der Waals surface area (Å²) in [5.41, 5.74) is 1.61. The van der Waals surface area contributed by atoms with E-state index in [2.05, 4.69) is 9.97 Å². The van der Waals surface area contributed by atoms with Gasteiger partial charge in [0.2, 0.25) is 0 Å². The summed E-state index contributed by atoms with van der Waals surface area (Å²) >= 11 is 13.8. The average molecular weight is 457 g/mol. The zero-order valence-electron chi connectivity index (χ0n) is 15.9. The van der Waals surface area contributed by atoms with Crippen molar-refractivity contribution in [2.24, 2.45) is 0 Å². The maximum atomic E-state index is 13.1. The first-order valence-corrected chi connectivity index (χ1v) is 10.9. The summed E-state index contributed by atoms with van der Waals surface area (Å²) < 4.78 is 2.93. The lowest BCUT2D eigenvalue weighted by molar-refractivity contribution is -0.114. The summed E-state index contributed by atoms with van der Waals surface area (Å²) in [6.45, 7) is 1.28. The van der Waals surface area contributed by atoms with Gasteiger partial charge in [-0.15, -0.1) is 0 Å². The predicted molar refractivity (Wildman–Crippen MR) is 124 cm³/mol. The van der Waals surface area contributed by atoms with Gasteiger partial charge in [-0.2, -0.15) is 0 Å². The van der Waals surface area contributed by atoms with Gasteiger partial charge in [0.1, 0.15) is 0 Å². The van der Waals surface area contributed by atoms with Crippen molar-refractivity contribution in [1.82, 2.24) is 14.5 Å². The molecule has 0 saturated heterocycles. The van der Waals surface area contributed by atoms with Crippen LogP contribution in [0.2, 0.25) is 10.0 Å². The number of nitrogens with zero attached hydrogens (tertiary/aromatic N) is 4. The van der Waals surface area contributed by atoms with E-state index < -0.39 is 0 Å². The van der Waals surface area contributed by atoms with Crippen LogP contribution in [-0.4, -0.2) is 27.0 Å². The highest BCUT2D eigenvalue weighted by Gasteiger charge is 2.18. The van der Waals surface area contributed by atoms with E-state index in [-0.39, 0.29) is 5.91 Å². The number of benzene rings is 2. The quantitative estimate of drug-likeness (QED) is 0.323. The van der Waals surface area contributed by atoms with Crippen LogP contribution in [0.1, 0.15) is 12.0 Å². The van der Waals surface area contributed by atoms with Crippen molar-refractivity contribution in [3.05, 3.63) is 82.9 Å². The van der Waals surface area contributed by atoms with E-state index in [0.717, 1.165) is 28.7 Å². The zero-order chi connectivity index (χ0) is 20.9. The van der Waals surface area contributed by atoms with E-state index in [0.29, 0.717) is 21.7 Å². The van der Waals surface area contributed by atoms with Crippen molar-refractivity contribution in [2.45, 2.75) is 13.0 Å². The number of hydrogen-bond donors (Lipinski definition) is 0. The number of fused-ring (bicyclic) bond motifs is 1. The number of halogens is 2. The number of rotatable bonds is 7. The second kappa shape index (κ2) is 9.43. The van der Waals surface area contributed by atoms with Crippen LogP contribution < -0.4 is 4.90 Å². The van der Waals surface area contributed by atoms with Crippen molar-refractivity contribution in [3.8, 4) is 0 Å². The molecule has 2 aromatic carbocycles. The van der Waals surface area contributed by atoms with Crippen molar-refractivity contribution >= 4 is 61.9 Å². The molecule has 2 aromatic heterocycles. The van der Waals surface area contributed by atoms with E-state index in [4.69, 9.17) is 23.2 Å². The fourth-order valence-corrected chi connectivity index (χ4v) is 4.47. The van der Waals surface area contributed by atoms with Crippen LogP contribution in [0, 0.1) is 0 Å². The van der Waals surface area contributed by atoms with Crippen LogP contribution >= 0.6 is 34.5 Å². The minimum absolute atomic E-state index is 0.147. The van der Waals surface area contributed by atoms with Crippen molar-refractivity contribution in [3.63, 3.8) is 0 Å². The lowest BCUT2D eigenvalue weighted by Gasteiger charge is -2.18. The van der Waals surface area contributed by atoms with Crippen LogP contribution in [0.25, 0.3) is 16.3 Å². The summed E-state index contributed by atoms with van der Waals surface area (Å²) in [4.78, 5) is 23.5. The molecular formula is C22H18Cl2N4OS. The predicted octanol–water partition coefficient (Wildman–Crippen LogP) is 5.94. The van der Waals surface area contributed by atoms with Crippen LogP contribution in [0.5, 0.6) is 0 Å². The summed E-state index contributed by atoms with van der Waals surface area (Å²) in [5, 5.41) is 1.89. The average Bonchev–Trinajstić information content (AvgIpc) is 3.39. The highest BCUT2D eigenvalue weighted by molar-refractivity contribution is 7.22. The van der Waals surface area contributed by atoms with E-state index in [9.17, 15) is 4.79 Å². The number of carbonyl (C=O) groups excluding carboxylic acids is 1. The van der Waals surface area contributed by atoms with Crippen LogP contribution in [0.4, 0.5) is 5.13 Å². The van der Waals surface area contributed by atoms with E-state index >= 15 is 0 Å². The molecule has 5 nitrogen and oxygen atoms in total. The van der Waals surface area contributed by atoms with Gasteiger partial charge in [-0.1, -0.05) is 52.7 Å². The lowest BCUT2D eigenvalue weighted by Crippen LogP contribution is -2.30. The Morgan fingerprint density at radius 1 is 1.20 bits per heavy atom. The van der Waals surface area contributed by atoms with Gasteiger partial charge >= 0.3 is 0 Å². The first-order chi connectivity index (χ1) is 14.6. The van der Waals surface area contributed by atoms with Crippen LogP contribution in [0.3, 0.4) is 0 Å². The number of carbonyl (C=O) groups is 1. The second-order valence-electron chi connectivity index (χ2n) is 6.61. The molecule has 30 heavy (non-hydrogen) atoms. The number of thiazole rings is 1. The number of hydrogen-bond acceptors (Lipinski definition) is 4. The van der Waals surface area contributed by atoms with Crippen LogP contribution in [-0.2, 0) is 11.3 Å². The fraction of sp³-hybridized carbons (Fsp3) is 0.136.